The van der Waals surface area contributed by atoms with Crippen LogP contribution in [-0.4, -0.2) is 34.5 Å². The molecule has 7 heteroatoms. The van der Waals surface area contributed by atoms with Crippen molar-refractivity contribution in [3.05, 3.63) is 309 Å². The normalized spacial score (nSPS) is 11.3. The molecule has 3 aromatic heterocycles. The van der Waals surface area contributed by atoms with Crippen LogP contribution < -0.4 is 0 Å². The van der Waals surface area contributed by atoms with Crippen molar-refractivity contribution in [3.8, 4) is 130 Å². The number of hydrogen-bond donors (Lipinski definition) is 0. The third-order valence-corrected chi connectivity index (χ3v) is 15.7. The topological polar surface area (TPSA) is 82.3 Å². The predicted octanol–water partition coefficient (Wildman–Crippen LogP) is 19.5. The zero-order valence-electron chi connectivity index (χ0n) is 46.1. The van der Waals surface area contributed by atoms with Gasteiger partial charge in [-0.15, -0.1) is 0 Å². The van der Waals surface area contributed by atoms with E-state index in [2.05, 4.69) is 235 Å². The molecule has 7 nitrogen and oxygen atoms in total. The van der Waals surface area contributed by atoms with E-state index in [1.54, 1.807) is 0 Å². The van der Waals surface area contributed by atoms with E-state index in [0.29, 0.717) is 34.9 Å². The Bertz CT molecular complexity index is 4800. The van der Waals surface area contributed by atoms with Crippen LogP contribution in [0.5, 0.6) is 0 Å². The van der Waals surface area contributed by atoms with E-state index in [1.807, 2.05) is 78.9 Å². The zero-order valence-corrected chi connectivity index (χ0v) is 46.1. The molecular formula is C78H51N7. The minimum atomic E-state index is 0.577. The molecule has 0 saturated carbocycles. The molecule has 0 aliphatic rings. The summed E-state index contributed by atoms with van der Waals surface area (Å²) >= 11 is 0. The van der Waals surface area contributed by atoms with Gasteiger partial charge in [-0.25, -0.2) is 29.9 Å². The van der Waals surface area contributed by atoms with Gasteiger partial charge in [0.1, 0.15) is 0 Å². The first-order valence-electron chi connectivity index (χ1n) is 28.5. The van der Waals surface area contributed by atoms with Gasteiger partial charge in [-0.05, 0) is 122 Å². The molecule has 0 atom stereocenters. The van der Waals surface area contributed by atoms with E-state index >= 15 is 0 Å². The van der Waals surface area contributed by atoms with Crippen molar-refractivity contribution < 1.29 is 0 Å². The number of rotatable bonds is 12. The van der Waals surface area contributed by atoms with Gasteiger partial charge in [-0.2, -0.15) is 0 Å². The largest absolute Gasteiger partial charge is 0.309 e. The molecule has 15 rings (SSSR count). The second kappa shape index (κ2) is 22.1. The lowest BCUT2D eigenvalue weighted by atomic mass is 9.93. The molecule has 15 aromatic rings. The minimum Gasteiger partial charge on any atom is -0.309 e. The molecule has 0 N–H and O–H groups in total. The van der Waals surface area contributed by atoms with Gasteiger partial charge in [0.05, 0.1) is 11.0 Å². The number of aromatic nitrogens is 7. The molecular weight excluding hydrogens is 1030 g/mol. The molecule has 0 aliphatic heterocycles. The molecule has 398 valence electrons. The van der Waals surface area contributed by atoms with Gasteiger partial charge in [-0.3, -0.25) is 0 Å². The first-order valence-corrected chi connectivity index (χ1v) is 28.5. The highest BCUT2D eigenvalue weighted by atomic mass is 15.0. The zero-order chi connectivity index (χ0) is 56.5. The van der Waals surface area contributed by atoms with E-state index in [1.165, 1.54) is 0 Å². The van der Waals surface area contributed by atoms with Gasteiger partial charge in [0.25, 0.3) is 0 Å². The lowest BCUT2D eigenvalue weighted by molar-refractivity contribution is 1.07. The minimum absolute atomic E-state index is 0.577. The molecule has 12 aromatic carbocycles. The maximum atomic E-state index is 5.33. The molecule has 3 heterocycles. The SMILES string of the molecule is c1ccc(-c2cc(-c3ccccc3)cc(-c3cccc(-c4nc(-c5ccccc5)nc(-c5cccc(-n6c7ccc(-c8ccccc8)cc7c7cc(-c8cccc(-c9nc(-c%10ccccc%10)nc(-c%10ccccc%10)n9)c8)ccc76)c5)n4)c3)c2)cc1. The smallest absolute Gasteiger partial charge is 0.164 e. The Kier molecular flexibility index (Phi) is 13.1. The Hall–Kier alpha value is -11.5. The van der Waals surface area contributed by atoms with Crippen molar-refractivity contribution in [3.63, 3.8) is 0 Å². The quantitative estimate of drug-likeness (QED) is 0.121. The van der Waals surface area contributed by atoms with Gasteiger partial charge < -0.3 is 4.57 Å². The average molecular weight is 1090 g/mol. The Morgan fingerprint density at radius 3 is 0.800 bits per heavy atom. The Balaban J connectivity index is 0.843. The lowest BCUT2D eigenvalue weighted by Gasteiger charge is -2.13. The van der Waals surface area contributed by atoms with E-state index in [4.69, 9.17) is 29.9 Å². The summed E-state index contributed by atoms with van der Waals surface area (Å²) in [7, 11) is 0. The lowest BCUT2D eigenvalue weighted by Crippen LogP contribution is -2.01. The van der Waals surface area contributed by atoms with E-state index in [9.17, 15) is 0 Å². The highest BCUT2D eigenvalue weighted by molar-refractivity contribution is 6.12. The molecule has 0 radical (unpaired) electrons. The fourth-order valence-corrected chi connectivity index (χ4v) is 11.4. The maximum absolute atomic E-state index is 5.33. The van der Waals surface area contributed by atoms with Gasteiger partial charge in [0.2, 0.25) is 0 Å². The van der Waals surface area contributed by atoms with Gasteiger partial charge in [0, 0.05) is 49.8 Å². The molecule has 0 fully saturated rings. The summed E-state index contributed by atoms with van der Waals surface area (Å²) in [5.41, 5.74) is 19.7. The summed E-state index contributed by atoms with van der Waals surface area (Å²) in [6.07, 6.45) is 0. The van der Waals surface area contributed by atoms with Crippen LogP contribution in [0.15, 0.2) is 309 Å². The third-order valence-electron chi connectivity index (χ3n) is 15.7. The van der Waals surface area contributed by atoms with Crippen LogP contribution in [0.2, 0.25) is 0 Å². The van der Waals surface area contributed by atoms with E-state index in [-0.39, 0.29) is 0 Å². The fourth-order valence-electron chi connectivity index (χ4n) is 11.4. The Morgan fingerprint density at radius 2 is 0.412 bits per heavy atom. The summed E-state index contributed by atoms with van der Waals surface area (Å²) < 4.78 is 2.36. The second-order valence-electron chi connectivity index (χ2n) is 21.1. The maximum Gasteiger partial charge on any atom is 0.164 e. The number of nitrogens with zero attached hydrogens (tertiary/aromatic N) is 7. The van der Waals surface area contributed by atoms with Crippen LogP contribution in [0, 0.1) is 0 Å². The molecule has 0 unspecified atom stereocenters. The molecule has 0 saturated heterocycles. The average Bonchev–Trinajstić information content (AvgIpc) is 2.24. The van der Waals surface area contributed by atoms with Crippen LogP contribution in [-0.2, 0) is 0 Å². The summed E-state index contributed by atoms with van der Waals surface area (Å²) in [5, 5.41) is 2.26. The monoisotopic (exact) mass is 1090 g/mol. The van der Waals surface area contributed by atoms with Crippen LogP contribution >= 0.6 is 0 Å². The van der Waals surface area contributed by atoms with Gasteiger partial charge in [0.15, 0.2) is 34.9 Å². The highest BCUT2D eigenvalue weighted by Crippen LogP contribution is 2.40. The summed E-state index contributed by atoms with van der Waals surface area (Å²) in [6.45, 7) is 0. The highest BCUT2D eigenvalue weighted by Gasteiger charge is 2.20. The van der Waals surface area contributed by atoms with Crippen molar-refractivity contribution in [2.24, 2.45) is 0 Å². The summed E-state index contributed by atoms with van der Waals surface area (Å²) in [5.74, 6) is 3.62. The van der Waals surface area contributed by atoms with Crippen molar-refractivity contribution in [2.45, 2.75) is 0 Å². The standard InChI is InChI=1S/C78H51N7/c1-7-22-52(23-8-1)60-40-42-71-69(50-60)70-51-61(58-34-19-36-62(44-58)76-80-73(55-28-13-4-14-29-55)79-74(81-76)56-30-15-5-16-31-56)41-43-72(70)85(71)68-39-21-38-64(49-68)78-83-75(57-32-17-6-18-33-57)82-77(84-78)63-37-20-35-59(45-63)67-47-65(53-24-9-2-10-25-53)46-66(48-67)54-26-11-3-12-27-54/h1-51H. The van der Waals surface area contributed by atoms with E-state index in [0.717, 1.165) is 117 Å². The third kappa shape index (κ3) is 10.1. The Morgan fingerprint density at radius 1 is 0.165 bits per heavy atom. The molecule has 0 spiro atoms. The van der Waals surface area contributed by atoms with Crippen LogP contribution in [0.25, 0.3) is 151 Å². The van der Waals surface area contributed by atoms with Crippen molar-refractivity contribution in [1.29, 1.82) is 0 Å². The summed E-state index contributed by atoms with van der Waals surface area (Å²) in [6, 6.07) is 108. The van der Waals surface area contributed by atoms with Crippen LogP contribution in [0.4, 0.5) is 0 Å². The summed E-state index contributed by atoms with van der Waals surface area (Å²) in [4.78, 5) is 30.9. The van der Waals surface area contributed by atoms with Crippen molar-refractivity contribution >= 4 is 21.8 Å². The Labute approximate surface area is 492 Å². The predicted molar refractivity (Wildman–Crippen MR) is 347 cm³/mol. The van der Waals surface area contributed by atoms with Gasteiger partial charge >= 0.3 is 0 Å². The van der Waals surface area contributed by atoms with Crippen LogP contribution in [0.1, 0.15) is 0 Å². The molecule has 85 heavy (non-hydrogen) atoms. The fraction of sp³-hybridized carbons (Fsp3) is 0. The number of benzene rings is 12. The van der Waals surface area contributed by atoms with E-state index < -0.39 is 0 Å². The van der Waals surface area contributed by atoms with Crippen molar-refractivity contribution in [2.75, 3.05) is 0 Å². The molecule has 0 amide bonds. The first kappa shape index (κ1) is 50.4. The number of fused-ring (bicyclic) bond motifs is 3. The molecule has 0 bridgehead atoms. The van der Waals surface area contributed by atoms with Crippen molar-refractivity contribution in [1.82, 2.24) is 34.5 Å². The molecule has 0 aliphatic carbocycles. The van der Waals surface area contributed by atoms with Crippen LogP contribution in [0.3, 0.4) is 0 Å². The number of hydrogen-bond acceptors (Lipinski definition) is 6. The first-order chi connectivity index (χ1) is 42.1. The second-order valence-corrected chi connectivity index (χ2v) is 21.1. The van der Waals surface area contributed by atoms with Gasteiger partial charge in [-0.1, -0.05) is 243 Å².